The average molecular weight is 653 g/mol. The lowest BCUT2D eigenvalue weighted by molar-refractivity contribution is 0.102. The molecule has 1 fully saturated rings. The van der Waals surface area contributed by atoms with Gasteiger partial charge in [0.1, 0.15) is 5.56 Å². The first kappa shape index (κ1) is 31.0. The van der Waals surface area contributed by atoms with Gasteiger partial charge in [-0.05, 0) is 30.5 Å². The Morgan fingerprint density at radius 3 is 2.49 bits per heavy atom. The maximum Gasteiger partial charge on any atom is 0.330 e. The van der Waals surface area contributed by atoms with E-state index in [9.17, 15) is 19.5 Å². The zero-order valence-corrected chi connectivity index (χ0v) is 26.3. The maximum absolute atomic E-state index is 13.1. The van der Waals surface area contributed by atoms with Crippen molar-refractivity contribution < 1.29 is 19.4 Å². The Morgan fingerprint density at radius 1 is 1.07 bits per heavy atom. The third kappa shape index (κ3) is 5.66. The molecule has 0 bridgehead atoms. The summed E-state index contributed by atoms with van der Waals surface area (Å²) < 4.78 is 13.2. The molecule has 1 amide bonds. The smallest absolute Gasteiger partial charge is 0.330 e. The minimum atomic E-state index is -0.719. The van der Waals surface area contributed by atoms with Crippen molar-refractivity contribution in [1.29, 1.82) is 0 Å². The summed E-state index contributed by atoms with van der Waals surface area (Å²) in [6.45, 7) is 0.761. The van der Waals surface area contributed by atoms with Crippen LogP contribution >= 0.6 is 23.2 Å². The molecule has 0 spiro atoms. The number of amides is 1. The molecule has 3 atom stereocenters. The van der Waals surface area contributed by atoms with Crippen LogP contribution in [-0.2, 0) is 25.3 Å². The van der Waals surface area contributed by atoms with Gasteiger partial charge >= 0.3 is 5.69 Å². The van der Waals surface area contributed by atoms with E-state index in [0.717, 1.165) is 33.1 Å². The number of methoxy groups -OCH3 is 1. The van der Waals surface area contributed by atoms with Crippen LogP contribution in [0.4, 0.5) is 5.69 Å². The Labute approximate surface area is 268 Å². The molecule has 1 saturated heterocycles. The van der Waals surface area contributed by atoms with Gasteiger partial charge in [0, 0.05) is 48.6 Å². The number of anilines is 1. The number of aryl methyl sites for hydroxylation is 2. The lowest BCUT2D eigenvalue weighted by atomic mass is 9.99. The topological polar surface area (TPSA) is 137 Å². The minimum Gasteiger partial charge on any atom is -0.481 e. The SMILES string of the molecule is COc1nc(-c2cccc(-c3cccc(NC(=O)c4cn(C)c(=O)n(C)c4=O)c3Cl)c2Cl)cc2c1[C@H](N[C@@H]1COC[C@@H]1O)CC2. The van der Waals surface area contributed by atoms with Crippen LogP contribution in [0.2, 0.25) is 10.0 Å². The Morgan fingerprint density at radius 2 is 1.78 bits per heavy atom. The van der Waals surface area contributed by atoms with Crippen molar-refractivity contribution >= 4 is 34.8 Å². The van der Waals surface area contributed by atoms with Crippen LogP contribution in [0.3, 0.4) is 0 Å². The molecule has 11 nitrogen and oxygen atoms in total. The second-order valence-electron chi connectivity index (χ2n) is 11.1. The van der Waals surface area contributed by atoms with Gasteiger partial charge in [-0.25, -0.2) is 9.78 Å². The lowest BCUT2D eigenvalue weighted by Crippen LogP contribution is -2.40. The van der Waals surface area contributed by atoms with Crippen molar-refractivity contribution in [2.75, 3.05) is 25.6 Å². The molecule has 234 valence electrons. The van der Waals surface area contributed by atoms with Gasteiger partial charge < -0.3 is 29.8 Å². The first-order valence-corrected chi connectivity index (χ1v) is 15.1. The Kier molecular flexibility index (Phi) is 8.55. The first-order chi connectivity index (χ1) is 21.6. The van der Waals surface area contributed by atoms with Crippen LogP contribution < -0.4 is 26.6 Å². The van der Waals surface area contributed by atoms with E-state index in [1.807, 2.05) is 24.3 Å². The van der Waals surface area contributed by atoms with E-state index in [0.29, 0.717) is 46.5 Å². The van der Waals surface area contributed by atoms with Gasteiger partial charge in [-0.1, -0.05) is 53.5 Å². The van der Waals surface area contributed by atoms with E-state index in [1.54, 1.807) is 25.3 Å². The number of hydrogen-bond donors (Lipinski definition) is 3. The fourth-order valence-corrected chi connectivity index (χ4v) is 6.55. The number of aromatic nitrogens is 3. The summed E-state index contributed by atoms with van der Waals surface area (Å²) >= 11 is 13.8. The molecular formula is C32H31Cl2N5O6. The highest BCUT2D eigenvalue weighted by Crippen LogP contribution is 2.44. The molecule has 3 N–H and O–H groups in total. The van der Waals surface area contributed by atoms with Gasteiger partial charge in [0.2, 0.25) is 5.88 Å². The number of aliphatic hydroxyl groups is 1. The van der Waals surface area contributed by atoms with Crippen molar-refractivity contribution in [3.63, 3.8) is 0 Å². The summed E-state index contributed by atoms with van der Waals surface area (Å²) in [5, 5.41) is 17.1. The van der Waals surface area contributed by atoms with Crippen molar-refractivity contribution in [1.82, 2.24) is 19.4 Å². The summed E-state index contributed by atoms with van der Waals surface area (Å²) in [5.74, 6) is -0.220. The summed E-state index contributed by atoms with van der Waals surface area (Å²) in [4.78, 5) is 42.6. The zero-order valence-electron chi connectivity index (χ0n) is 24.8. The predicted molar refractivity (Wildman–Crippen MR) is 171 cm³/mol. The van der Waals surface area contributed by atoms with Crippen molar-refractivity contribution in [3.8, 4) is 28.3 Å². The number of carbonyl (C=O) groups is 1. The van der Waals surface area contributed by atoms with Gasteiger partial charge in [0.05, 0.1) is 53.9 Å². The van der Waals surface area contributed by atoms with Crippen LogP contribution in [-0.4, -0.2) is 57.6 Å². The molecule has 3 heterocycles. The van der Waals surface area contributed by atoms with E-state index in [1.165, 1.54) is 20.3 Å². The molecule has 0 saturated carbocycles. The third-order valence-corrected chi connectivity index (χ3v) is 9.14. The standard InChI is InChI=1S/C32H31Cl2N5O6/c1-38-13-20(31(42)39(2)32(38)43)29(41)36-22-9-5-7-18(28(22)34)17-6-4-8-19(27(17)33)23-12-16-10-11-21(26(16)30(37-23)44-3)35-24-14-45-15-25(24)40/h4-9,12-13,21,24-25,35,40H,10-11,14-15H2,1-3H3,(H,36,41)/t21-,24-,25+/m1/s1. The van der Waals surface area contributed by atoms with Crippen LogP contribution in [0.15, 0.2) is 58.3 Å². The maximum atomic E-state index is 13.1. The number of pyridine rings is 1. The third-order valence-electron chi connectivity index (χ3n) is 8.32. The number of fused-ring (bicyclic) bond motifs is 1. The van der Waals surface area contributed by atoms with Crippen molar-refractivity contribution in [2.24, 2.45) is 14.1 Å². The molecule has 2 aliphatic rings. The molecule has 0 unspecified atom stereocenters. The lowest BCUT2D eigenvalue weighted by Gasteiger charge is -2.22. The van der Waals surface area contributed by atoms with E-state index in [4.69, 9.17) is 37.7 Å². The van der Waals surface area contributed by atoms with Crippen LogP contribution in [0.1, 0.15) is 33.9 Å². The molecular weight excluding hydrogens is 621 g/mol. The Balaban J connectivity index is 1.32. The van der Waals surface area contributed by atoms with Crippen molar-refractivity contribution in [2.45, 2.75) is 31.0 Å². The molecule has 0 radical (unpaired) electrons. The molecule has 13 heteroatoms. The molecule has 6 rings (SSSR count). The number of ether oxygens (including phenoxy) is 2. The molecule has 1 aliphatic carbocycles. The van der Waals surface area contributed by atoms with E-state index >= 15 is 0 Å². The Bertz CT molecular complexity index is 1940. The summed E-state index contributed by atoms with van der Waals surface area (Å²) in [5.41, 5.74) is 3.32. The minimum absolute atomic E-state index is 0.0302. The quantitative estimate of drug-likeness (QED) is 0.275. The highest BCUT2D eigenvalue weighted by molar-refractivity contribution is 6.39. The summed E-state index contributed by atoms with van der Waals surface area (Å²) in [6, 6.07) is 12.5. The fourth-order valence-electron chi connectivity index (χ4n) is 5.95. The van der Waals surface area contributed by atoms with Crippen LogP contribution in [0.5, 0.6) is 5.88 Å². The van der Waals surface area contributed by atoms with Crippen molar-refractivity contribution in [3.05, 3.63) is 96.2 Å². The largest absolute Gasteiger partial charge is 0.481 e. The normalized spacial score (nSPS) is 19.0. The second-order valence-corrected chi connectivity index (χ2v) is 11.9. The van der Waals surface area contributed by atoms with Gasteiger partial charge in [-0.15, -0.1) is 0 Å². The average Bonchev–Trinajstić information content (AvgIpc) is 3.64. The molecule has 1 aliphatic heterocycles. The molecule has 45 heavy (non-hydrogen) atoms. The van der Waals surface area contributed by atoms with Gasteiger partial charge in [-0.2, -0.15) is 0 Å². The van der Waals surface area contributed by atoms with E-state index < -0.39 is 23.3 Å². The van der Waals surface area contributed by atoms with E-state index in [2.05, 4.69) is 10.6 Å². The molecule has 2 aromatic heterocycles. The fraction of sp³-hybridized carbons (Fsp3) is 0.312. The van der Waals surface area contributed by atoms with Crippen LogP contribution in [0, 0.1) is 0 Å². The number of hydrogen-bond acceptors (Lipinski definition) is 8. The second kappa shape index (κ2) is 12.4. The number of benzene rings is 2. The molecule has 4 aromatic rings. The summed E-state index contributed by atoms with van der Waals surface area (Å²) in [6.07, 6.45) is 2.26. The van der Waals surface area contributed by atoms with E-state index in [-0.39, 0.29) is 28.4 Å². The molecule has 2 aromatic carbocycles. The van der Waals surface area contributed by atoms with Crippen LogP contribution in [0.25, 0.3) is 22.4 Å². The predicted octanol–water partition coefficient (Wildman–Crippen LogP) is 3.72. The van der Waals surface area contributed by atoms with Gasteiger partial charge in [0.25, 0.3) is 11.5 Å². The van der Waals surface area contributed by atoms with Gasteiger partial charge in [-0.3, -0.25) is 14.2 Å². The summed E-state index contributed by atoms with van der Waals surface area (Å²) in [7, 11) is 4.35. The monoisotopic (exact) mass is 651 g/mol. The number of rotatable bonds is 7. The highest BCUT2D eigenvalue weighted by Gasteiger charge is 2.34. The number of aliphatic hydroxyl groups excluding tert-OH is 1. The zero-order chi connectivity index (χ0) is 32.0. The highest BCUT2D eigenvalue weighted by atomic mass is 35.5. The number of nitrogens with zero attached hydrogens (tertiary/aromatic N) is 3. The number of halogens is 2. The number of nitrogens with one attached hydrogen (secondary N) is 2. The Hall–Kier alpha value is -4.00. The number of carbonyl (C=O) groups excluding carboxylic acids is 1. The first-order valence-electron chi connectivity index (χ1n) is 14.3. The van der Waals surface area contributed by atoms with Gasteiger partial charge in [0.15, 0.2) is 0 Å².